The number of nitrogens with zero attached hydrogens (tertiary/aromatic N) is 1. The van der Waals surface area contributed by atoms with Crippen LogP contribution in [0.15, 0.2) is 42.6 Å². The number of benzene rings is 1. The third-order valence-electron chi connectivity index (χ3n) is 3.39. The van der Waals surface area contributed by atoms with Crippen molar-refractivity contribution in [3.05, 3.63) is 58.9 Å². The van der Waals surface area contributed by atoms with E-state index >= 15 is 0 Å². The van der Waals surface area contributed by atoms with Crippen LogP contribution < -0.4 is 5.32 Å². The first kappa shape index (κ1) is 16.1. The Morgan fingerprint density at radius 1 is 1.32 bits per heavy atom. The summed E-state index contributed by atoms with van der Waals surface area (Å²) in [5.74, 6) is -1.95. The second-order valence-electron chi connectivity index (χ2n) is 5.09. The number of rotatable bonds is 6. The highest BCUT2D eigenvalue weighted by molar-refractivity contribution is 6.31. The predicted molar refractivity (Wildman–Crippen MR) is 84.0 cm³/mol. The molecule has 5 nitrogen and oxygen atoms in total. The molecule has 6 heteroatoms. The minimum atomic E-state index is -0.936. The molecule has 1 heterocycles. The Morgan fingerprint density at radius 3 is 2.55 bits per heavy atom. The summed E-state index contributed by atoms with van der Waals surface area (Å²) in [6.07, 6.45) is 1.99. The first-order valence-electron chi connectivity index (χ1n) is 6.84. The zero-order valence-electron chi connectivity index (χ0n) is 12.1. The number of hydrogen-bond donors (Lipinski definition) is 2. The summed E-state index contributed by atoms with van der Waals surface area (Å²) in [7, 11) is 1.71. The smallest absolute Gasteiger partial charge is 0.308 e. The lowest BCUT2D eigenvalue weighted by Crippen LogP contribution is -2.34. The minimum absolute atomic E-state index is 0.0614. The number of carboxylic acids is 1. The largest absolute Gasteiger partial charge is 0.481 e. The van der Waals surface area contributed by atoms with E-state index in [1.54, 1.807) is 23.9 Å². The number of amides is 1. The lowest BCUT2D eigenvalue weighted by Gasteiger charge is -2.13. The predicted octanol–water partition coefficient (Wildman–Crippen LogP) is 2.35. The van der Waals surface area contributed by atoms with E-state index in [1.165, 1.54) is 0 Å². The van der Waals surface area contributed by atoms with Crippen LogP contribution >= 0.6 is 11.6 Å². The van der Waals surface area contributed by atoms with Crippen molar-refractivity contribution in [2.45, 2.75) is 6.42 Å². The van der Waals surface area contributed by atoms with Gasteiger partial charge in [-0.1, -0.05) is 41.9 Å². The van der Waals surface area contributed by atoms with Crippen molar-refractivity contribution >= 4 is 23.5 Å². The number of aliphatic carboxylic acids is 1. The molecule has 1 amide bonds. The maximum atomic E-state index is 12.1. The van der Waals surface area contributed by atoms with E-state index in [0.717, 1.165) is 5.56 Å². The van der Waals surface area contributed by atoms with Gasteiger partial charge in [-0.2, -0.15) is 0 Å². The maximum absolute atomic E-state index is 12.1. The Hall–Kier alpha value is -2.27. The number of nitrogens with one attached hydrogen (secondary N) is 1. The van der Waals surface area contributed by atoms with E-state index in [1.807, 2.05) is 30.3 Å². The van der Waals surface area contributed by atoms with E-state index in [0.29, 0.717) is 17.1 Å². The molecule has 22 heavy (non-hydrogen) atoms. The van der Waals surface area contributed by atoms with Crippen LogP contribution in [0.2, 0.25) is 5.02 Å². The van der Waals surface area contributed by atoms with E-state index < -0.39 is 11.9 Å². The average molecular weight is 321 g/mol. The summed E-state index contributed by atoms with van der Waals surface area (Å²) in [4.78, 5) is 23.4. The molecule has 1 aromatic carbocycles. The van der Waals surface area contributed by atoms with Crippen LogP contribution in [-0.2, 0) is 18.3 Å². The van der Waals surface area contributed by atoms with E-state index in [-0.39, 0.29) is 12.5 Å². The molecule has 0 bridgehead atoms. The molecule has 1 atom stereocenters. The van der Waals surface area contributed by atoms with Gasteiger partial charge in [0, 0.05) is 19.8 Å². The SMILES string of the molecule is Cn1cc(Cl)cc1C(=O)NCC(Cc1ccccc1)C(=O)O. The lowest BCUT2D eigenvalue weighted by atomic mass is 9.99. The molecule has 2 N–H and O–H groups in total. The van der Waals surface area contributed by atoms with Gasteiger partial charge in [-0.15, -0.1) is 0 Å². The average Bonchev–Trinajstić information content (AvgIpc) is 2.82. The molecule has 0 spiro atoms. The molecule has 0 aliphatic rings. The van der Waals surface area contributed by atoms with Crippen LogP contribution in [0, 0.1) is 5.92 Å². The monoisotopic (exact) mass is 320 g/mol. The molecule has 0 saturated carbocycles. The van der Waals surface area contributed by atoms with Gasteiger partial charge in [-0.05, 0) is 18.1 Å². The molecule has 116 valence electrons. The number of carbonyl (C=O) groups excluding carboxylic acids is 1. The Labute approximate surface area is 133 Å². The summed E-state index contributed by atoms with van der Waals surface area (Å²) in [5, 5.41) is 12.4. The van der Waals surface area contributed by atoms with Gasteiger partial charge in [0.15, 0.2) is 0 Å². The van der Waals surface area contributed by atoms with Gasteiger partial charge >= 0.3 is 5.97 Å². The number of halogens is 1. The Balaban J connectivity index is 1.99. The summed E-state index contributed by atoms with van der Waals surface area (Å²) >= 11 is 5.84. The van der Waals surface area contributed by atoms with Gasteiger partial charge in [0.1, 0.15) is 5.69 Å². The van der Waals surface area contributed by atoms with Crippen LogP contribution in [0.4, 0.5) is 0 Å². The number of hydrogen-bond acceptors (Lipinski definition) is 2. The fourth-order valence-electron chi connectivity index (χ4n) is 2.20. The van der Waals surface area contributed by atoms with Gasteiger partial charge in [0.25, 0.3) is 5.91 Å². The van der Waals surface area contributed by atoms with Crippen molar-refractivity contribution in [3.63, 3.8) is 0 Å². The molecule has 0 aliphatic heterocycles. The summed E-state index contributed by atoms with van der Waals surface area (Å²) in [5.41, 5.74) is 1.32. The normalized spacial score (nSPS) is 11.9. The zero-order valence-corrected chi connectivity index (χ0v) is 12.9. The first-order chi connectivity index (χ1) is 10.5. The van der Waals surface area contributed by atoms with Crippen molar-refractivity contribution in [2.75, 3.05) is 6.54 Å². The van der Waals surface area contributed by atoms with Crippen molar-refractivity contribution in [1.82, 2.24) is 9.88 Å². The molecule has 0 fully saturated rings. The number of carboxylic acid groups (broad SMARTS) is 1. The fourth-order valence-corrected chi connectivity index (χ4v) is 2.45. The summed E-state index contributed by atoms with van der Waals surface area (Å²) < 4.78 is 1.60. The van der Waals surface area contributed by atoms with Crippen LogP contribution in [0.3, 0.4) is 0 Å². The van der Waals surface area contributed by atoms with E-state index in [9.17, 15) is 14.7 Å². The molecule has 2 aromatic rings. The Bertz CT molecular complexity index is 667. The molecule has 1 aromatic heterocycles. The highest BCUT2D eigenvalue weighted by atomic mass is 35.5. The van der Waals surface area contributed by atoms with Crippen molar-refractivity contribution < 1.29 is 14.7 Å². The minimum Gasteiger partial charge on any atom is -0.481 e. The zero-order chi connectivity index (χ0) is 16.1. The van der Waals surface area contributed by atoms with E-state index in [2.05, 4.69) is 5.32 Å². The number of aromatic nitrogens is 1. The first-order valence-corrected chi connectivity index (χ1v) is 7.22. The molecule has 1 unspecified atom stereocenters. The molecule has 2 rings (SSSR count). The van der Waals surface area contributed by atoms with Crippen LogP contribution in [0.1, 0.15) is 16.1 Å². The topological polar surface area (TPSA) is 71.3 Å². The molecular formula is C16H17ClN2O3. The lowest BCUT2D eigenvalue weighted by molar-refractivity contribution is -0.141. The number of carbonyl (C=O) groups is 2. The summed E-state index contributed by atoms with van der Waals surface area (Å²) in [6.45, 7) is 0.0614. The second-order valence-corrected chi connectivity index (χ2v) is 5.53. The Kier molecular flexibility index (Phi) is 5.22. The van der Waals surface area contributed by atoms with Crippen LogP contribution in [0.5, 0.6) is 0 Å². The number of aryl methyl sites for hydroxylation is 1. The van der Waals surface area contributed by atoms with Gasteiger partial charge < -0.3 is 15.0 Å². The van der Waals surface area contributed by atoms with Crippen molar-refractivity contribution in [2.24, 2.45) is 13.0 Å². The molecular weight excluding hydrogens is 304 g/mol. The highest BCUT2D eigenvalue weighted by Crippen LogP contribution is 2.13. The van der Waals surface area contributed by atoms with Gasteiger partial charge in [0.05, 0.1) is 10.9 Å². The van der Waals surface area contributed by atoms with Gasteiger partial charge in [0.2, 0.25) is 0 Å². The third-order valence-corrected chi connectivity index (χ3v) is 3.59. The standard InChI is InChI=1S/C16H17ClN2O3/c1-19-10-13(17)8-14(19)15(20)18-9-12(16(21)22)7-11-5-3-2-4-6-11/h2-6,8,10,12H,7,9H2,1H3,(H,18,20)(H,21,22). The molecule has 0 radical (unpaired) electrons. The third kappa shape index (κ3) is 4.11. The highest BCUT2D eigenvalue weighted by Gasteiger charge is 2.20. The quantitative estimate of drug-likeness (QED) is 0.858. The molecule has 0 saturated heterocycles. The van der Waals surface area contributed by atoms with Crippen molar-refractivity contribution in [3.8, 4) is 0 Å². The van der Waals surface area contributed by atoms with Crippen LogP contribution in [0.25, 0.3) is 0 Å². The second kappa shape index (κ2) is 7.13. The van der Waals surface area contributed by atoms with Gasteiger partial charge in [-0.25, -0.2) is 0 Å². The molecule has 0 aliphatic carbocycles. The fraction of sp³-hybridized carbons (Fsp3) is 0.250. The Morgan fingerprint density at radius 2 is 2.00 bits per heavy atom. The summed E-state index contributed by atoms with van der Waals surface area (Å²) in [6, 6.07) is 10.9. The van der Waals surface area contributed by atoms with Crippen molar-refractivity contribution in [1.29, 1.82) is 0 Å². The van der Waals surface area contributed by atoms with E-state index in [4.69, 9.17) is 11.6 Å². The van der Waals surface area contributed by atoms with Gasteiger partial charge in [-0.3, -0.25) is 9.59 Å². The van der Waals surface area contributed by atoms with Crippen LogP contribution in [-0.4, -0.2) is 28.1 Å². The maximum Gasteiger partial charge on any atom is 0.308 e.